The quantitative estimate of drug-likeness (QED) is 0.720. The molecule has 1 unspecified atom stereocenters. The van der Waals surface area contributed by atoms with Crippen molar-refractivity contribution in [1.82, 2.24) is 10.6 Å². The van der Waals surface area contributed by atoms with Crippen LogP contribution < -0.4 is 10.6 Å². The van der Waals surface area contributed by atoms with E-state index in [0.717, 1.165) is 18.0 Å². The molecule has 1 aliphatic carbocycles. The fraction of sp³-hybridized carbons (Fsp3) is 1.00. The predicted molar refractivity (Wildman–Crippen MR) is 60.4 cm³/mol. The molecule has 1 heterocycles. The second-order valence-corrected chi connectivity index (χ2v) is 5.04. The summed E-state index contributed by atoms with van der Waals surface area (Å²) in [5, 5.41) is 7.20. The summed E-state index contributed by atoms with van der Waals surface area (Å²) in [4.78, 5) is 0. The van der Waals surface area contributed by atoms with Crippen LogP contribution in [0.4, 0.5) is 0 Å². The van der Waals surface area contributed by atoms with E-state index in [-0.39, 0.29) is 0 Å². The fourth-order valence-corrected chi connectivity index (χ4v) is 2.94. The van der Waals surface area contributed by atoms with E-state index in [0.29, 0.717) is 0 Å². The van der Waals surface area contributed by atoms with Crippen molar-refractivity contribution in [3.05, 3.63) is 0 Å². The van der Waals surface area contributed by atoms with Crippen LogP contribution in [0.15, 0.2) is 0 Å². The lowest BCUT2D eigenvalue weighted by atomic mass is 9.84. The van der Waals surface area contributed by atoms with Crippen molar-refractivity contribution in [3.63, 3.8) is 0 Å². The van der Waals surface area contributed by atoms with E-state index in [1.54, 1.807) is 0 Å². The van der Waals surface area contributed by atoms with Crippen LogP contribution in [0.5, 0.6) is 0 Å². The minimum absolute atomic E-state index is 0.736. The smallest absolute Gasteiger partial charge is 0.0207 e. The molecule has 0 radical (unpaired) electrons. The Labute approximate surface area is 87.8 Å². The third kappa shape index (κ3) is 2.71. The second-order valence-electron chi connectivity index (χ2n) is 5.04. The van der Waals surface area contributed by atoms with Crippen molar-refractivity contribution in [1.29, 1.82) is 0 Å². The van der Waals surface area contributed by atoms with E-state index < -0.39 is 0 Å². The number of rotatable bonds is 3. The molecule has 0 bridgehead atoms. The average molecular weight is 196 g/mol. The highest BCUT2D eigenvalue weighted by molar-refractivity contribution is 4.83. The molecule has 0 aromatic carbocycles. The van der Waals surface area contributed by atoms with Gasteiger partial charge in [-0.2, -0.15) is 0 Å². The Kier molecular flexibility index (Phi) is 3.82. The molecule has 2 atom stereocenters. The molecule has 1 saturated carbocycles. The van der Waals surface area contributed by atoms with Gasteiger partial charge in [0, 0.05) is 18.6 Å². The van der Waals surface area contributed by atoms with Gasteiger partial charge in [-0.15, -0.1) is 0 Å². The Morgan fingerprint density at radius 2 is 1.93 bits per heavy atom. The standard InChI is InChI=1S/C12H24N2/c1-10(11-5-3-2-4-6-11)14-12-7-8-13-9-12/h10-14H,2-9H2,1H3/t10-,12?/m1/s1. The SMILES string of the molecule is C[C@@H](NC1CCNC1)C1CCCCC1. The third-order valence-electron chi connectivity index (χ3n) is 3.92. The predicted octanol–water partition coefficient (Wildman–Crippen LogP) is 1.91. The summed E-state index contributed by atoms with van der Waals surface area (Å²) < 4.78 is 0. The van der Waals surface area contributed by atoms with E-state index >= 15 is 0 Å². The molecule has 2 rings (SSSR count). The summed E-state index contributed by atoms with van der Waals surface area (Å²) in [5.41, 5.74) is 0. The van der Waals surface area contributed by atoms with Gasteiger partial charge in [0.25, 0.3) is 0 Å². The summed E-state index contributed by atoms with van der Waals surface area (Å²) in [6.07, 6.45) is 8.60. The Balaban J connectivity index is 1.72. The molecule has 1 saturated heterocycles. The van der Waals surface area contributed by atoms with E-state index in [1.807, 2.05) is 0 Å². The van der Waals surface area contributed by atoms with Gasteiger partial charge in [-0.05, 0) is 38.6 Å². The van der Waals surface area contributed by atoms with Gasteiger partial charge >= 0.3 is 0 Å². The zero-order chi connectivity index (χ0) is 9.80. The number of nitrogens with one attached hydrogen (secondary N) is 2. The summed E-state index contributed by atoms with van der Waals surface area (Å²) >= 11 is 0. The van der Waals surface area contributed by atoms with Crippen molar-refractivity contribution in [2.45, 2.75) is 57.5 Å². The van der Waals surface area contributed by atoms with Gasteiger partial charge in [-0.25, -0.2) is 0 Å². The number of hydrogen-bond acceptors (Lipinski definition) is 2. The first-order valence-electron chi connectivity index (χ1n) is 6.33. The lowest BCUT2D eigenvalue weighted by Gasteiger charge is -2.30. The van der Waals surface area contributed by atoms with Crippen LogP contribution >= 0.6 is 0 Å². The molecular weight excluding hydrogens is 172 g/mol. The van der Waals surface area contributed by atoms with Gasteiger partial charge in [-0.1, -0.05) is 19.3 Å². The maximum Gasteiger partial charge on any atom is 0.0207 e. The van der Waals surface area contributed by atoms with Crippen LogP contribution in [0.2, 0.25) is 0 Å². The molecule has 82 valence electrons. The van der Waals surface area contributed by atoms with Crippen LogP contribution in [-0.2, 0) is 0 Å². The Morgan fingerprint density at radius 1 is 1.14 bits per heavy atom. The molecule has 2 N–H and O–H groups in total. The van der Waals surface area contributed by atoms with Crippen molar-refractivity contribution >= 4 is 0 Å². The van der Waals surface area contributed by atoms with E-state index in [9.17, 15) is 0 Å². The lowest BCUT2D eigenvalue weighted by Crippen LogP contribution is -2.42. The molecule has 0 spiro atoms. The average Bonchev–Trinajstić information content (AvgIpc) is 2.72. The van der Waals surface area contributed by atoms with Gasteiger partial charge in [-0.3, -0.25) is 0 Å². The Morgan fingerprint density at radius 3 is 2.57 bits per heavy atom. The molecule has 0 aromatic heterocycles. The van der Waals surface area contributed by atoms with Crippen molar-refractivity contribution < 1.29 is 0 Å². The molecule has 14 heavy (non-hydrogen) atoms. The first-order chi connectivity index (χ1) is 6.86. The lowest BCUT2D eigenvalue weighted by molar-refractivity contribution is 0.267. The largest absolute Gasteiger partial charge is 0.315 e. The number of hydrogen-bond donors (Lipinski definition) is 2. The van der Waals surface area contributed by atoms with Crippen molar-refractivity contribution in [2.24, 2.45) is 5.92 Å². The molecule has 2 heteroatoms. The Hall–Kier alpha value is -0.0800. The molecule has 0 aromatic rings. The minimum atomic E-state index is 0.736. The molecule has 2 aliphatic rings. The van der Waals surface area contributed by atoms with Gasteiger partial charge in [0.05, 0.1) is 0 Å². The summed E-state index contributed by atoms with van der Waals surface area (Å²) in [6.45, 7) is 4.76. The highest BCUT2D eigenvalue weighted by atomic mass is 15.0. The third-order valence-corrected chi connectivity index (χ3v) is 3.92. The maximum absolute atomic E-state index is 3.79. The van der Waals surface area contributed by atoms with Gasteiger partial charge < -0.3 is 10.6 Å². The molecule has 1 aliphatic heterocycles. The van der Waals surface area contributed by atoms with Crippen molar-refractivity contribution in [2.75, 3.05) is 13.1 Å². The minimum Gasteiger partial charge on any atom is -0.315 e. The molecule has 2 nitrogen and oxygen atoms in total. The van der Waals surface area contributed by atoms with Gasteiger partial charge in [0.1, 0.15) is 0 Å². The van der Waals surface area contributed by atoms with Crippen LogP contribution in [0, 0.1) is 5.92 Å². The van der Waals surface area contributed by atoms with Crippen LogP contribution in [0.25, 0.3) is 0 Å². The van der Waals surface area contributed by atoms with Gasteiger partial charge in [0.2, 0.25) is 0 Å². The van der Waals surface area contributed by atoms with Crippen LogP contribution in [0.3, 0.4) is 0 Å². The summed E-state index contributed by atoms with van der Waals surface area (Å²) in [5.74, 6) is 0.948. The summed E-state index contributed by atoms with van der Waals surface area (Å²) in [6, 6.07) is 1.48. The van der Waals surface area contributed by atoms with Crippen LogP contribution in [-0.4, -0.2) is 25.2 Å². The zero-order valence-electron chi connectivity index (χ0n) is 9.39. The highest BCUT2D eigenvalue weighted by Crippen LogP contribution is 2.26. The van der Waals surface area contributed by atoms with E-state index in [2.05, 4.69) is 17.6 Å². The van der Waals surface area contributed by atoms with Gasteiger partial charge in [0.15, 0.2) is 0 Å². The molecular formula is C12H24N2. The topological polar surface area (TPSA) is 24.1 Å². The monoisotopic (exact) mass is 196 g/mol. The highest BCUT2D eigenvalue weighted by Gasteiger charge is 2.23. The first-order valence-corrected chi connectivity index (χ1v) is 6.33. The second kappa shape index (κ2) is 5.13. The summed E-state index contributed by atoms with van der Waals surface area (Å²) in [7, 11) is 0. The van der Waals surface area contributed by atoms with Crippen molar-refractivity contribution in [3.8, 4) is 0 Å². The molecule has 2 fully saturated rings. The Bertz CT molecular complexity index is 158. The maximum atomic E-state index is 3.79. The first kappa shape index (κ1) is 10.4. The fourth-order valence-electron chi connectivity index (χ4n) is 2.94. The van der Waals surface area contributed by atoms with E-state index in [1.165, 1.54) is 51.6 Å². The zero-order valence-corrected chi connectivity index (χ0v) is 9.39. The van der Waals surface area contributed by atoms with E-state index in [4.69, 9.17) is 0 Å². The molecule has 0 amide bonds. The normalized spacial score (nSPS) is 31.9. The van der Waals surface area contributed by atoms with Crippen LogP contribution in [0.1, 0.15) is 45.4 Å².